The minimum Gasteiger partial charge on any atom is -0.297 e. The monoisotopic (exact) mass is 322 g/mol. The van der Waals surface area contributed by atoms with Crippen LogP contribution in [0.5, 0.6) is 0 Å². The first-order valence-electron chi connectivity index (χ1n) is 4.99. The highest BCUT2D eigenvalue weighted by Crippen LogP contribution is 2.28. The number of rotatable bonds is 1. The van der Waals surface area contributed by atoms with Gasteiger partial charge >= 0.3 is 5.69 Å². The van der Waals surface area contributed by atoms with Crippen LogP contribution in [0.4, 0.5) is 4.39 Å². The molecular weight excluding hydrogens is 317 g/mol. The van der Waals surface area contributed by atoms with Crippen LogP contribution >= 0.6 is 34.8 Å². The van der Waals surface area contributed by atoms with E-state index in [0.29, 0.717) is 4.57 Å². The molecule has 1 aromatic heterocycles. The highest BCUT2D eigenvalue weighted by Gasteiger charge is 2.17. The van der Waals surface area contributed by atoms with Crippen LogP contribution in [0.25, 0.3) is 5.69 Å². The number of H-pyrrole nitrogens is 1. The molecule has 1 heterocycles. The van der Waals surface area contributed by atoms with Gasteiger partial charge in [-0.05, 0) is 19.1 Å². The molecule has 0 aliphatic rings. The molecule has 0 fully saturated rings. The number of aromatic amines is 1. The number of nitrogens with one attached hydrogen (secondary N) is 1. The number of halogens is 4. The molecule has 8 heteroatoms. The van der Waals surface area contributed by atoms with Crippen molar-refractivity contribution in [3.63, 3.8) is 0 Å². The maximum atomic E-state index is 13.1. The van der Waals surface area contributed by atoms with Crippen LogP contribution < -0.4 is 11.2 Å². The third-order valence-corrected chi connectivity index (χ3v) is 3.43. The predicted molar refractivity (Wildman–Crippen MR) is 72.4 cm³/mol. The second-order valence-electron chi connectivity index (χ2n) is 3.73. The molecule has 19 heavy (non-hydrogen) atoms. The normalized spacial score (nSPS) is 10.8. The molecule has 0 radical (unpaired) electrons. The van der Waals surface area contributed by atoms with E-state index in [1.807, 2.05) is 0 Å². The van der Waals surface area contributed by atoms with E-state index < -0.39 is 17.1 Å². The summed E-state index contributed by atoms with van der Waals surface area (Å²) in [6.07, 6.45) is 0. The summed E-state index contributed by atoms with van der Waals surface area (Å²) in [6, 6.07) is 1.91. The van der Waals surface area contributed by atoms with Crippen molar-refractivity contribution in [1.82, 2.24) is 9.55 Å². The molecule has 0 bridgehead atoms. The van der Waals surface area contributed by atoms with Crippen molar-refractivity contribution in [3.8, 4) is 5.69 Å². The van der Waals surface area contributed by atoms with Crippen molar-refractivity contribution in [1.29, 1.82) is 0 Å². The van der Waals surface area contributed by atoms with E-state index in [9.17, 15) is 14.0 Å². The van der Waals surface area contributed by atoms with Gasteiger partial charge in [0, 0.05) is 0 Å². The SMILES string of the molecule is Cc1c(Cl)[nH]c(=O)n(-c2c(Cl)cc(F)cc2Cl)c1=O. The van der Waals surface area contributed by atoms with Gasteiger partial charge < -0.3 is 0 Å². The smallest absolute Gasteiger partial charge is 0.297 e. The summed E-state index contributed by atoms with van der Waals surface area (Å²) in [6.45, 7) is 1.43. The quantitative estimate of drug-likeness (QED) is 0.820. The summed E-state index contributed by atoms with van der Waals surface area (Å²) in [5, 5.41) is -0.376. The number of aromatic nitrogens is 2. The van der Waals surface area contributed by atoms with Crippen molar-refractivity contribution in [2.24, 2.45) is 0 Å². The number of nitrogens with zero attached hydrogens (tertiary/aromatic N) is 1. The van der Waals surface area contributed by atoms with Gasteiger partial charge in [0.1, 0.15) is 11.0 Å². The first-order valence-corrected chi connectivity index (χ1v) is 6.12. The van der Waals surface area contributed by atoms with Gasteiger partial charge in [-0.1, -0.05) is 34.8 Å². The second kappa shape index (κ2) is 5.00. The Bertz CT molecular complexity index is 759. The van der Waals surface area contributed by atoms with Crippen LogP contribution in [-0.4, -0.2) is 9.55 Å². The fourth-order valence-electron chi connectivity index (χ4n) is 1.55. The zero-order chi connectivity index (χ0) is 14.3. The summed E-state index contributed by atoms with van der Waals surface area (Å²) in [7, 11) is 0. The third-order valence-electron chi connectivity index (χ3n) is 2.48. The molecule has 0 atom stereocenters. The second-order valence-corrected chi connectivity index (χ2v) is 4.92. The standard InChI is InChI=1S/C11H6Cl3FN2O2/c1-4-9(14)16-11(19)17(10(4)18)8-6(12)2-5(15)3-7(8)13/h2-3H,1H3,(H,16,19). The van der Waals surface area contributed by atoms with Crippen molar-refractivity contribution in [2.75, 3.05) is 0 Å². The van der Waals surface area contributed by atoms with Gasteiger partial charge in [0.05, 0.1) is 21.3 Å². The zero-order valence-electron chi connectivity index (χ0n) is 9.43. The fraction of sp³-hybridized carbons (Fsp3) is 0.0909. The summed E-state index contributed by atoms with van der Waals surface area (Å²) in [5.74, 6) is -0.672. The molecule has 2 rings (SSSR count). The van der Waals surface area contributed by atoms with E-state index >= 15 is 0 Å². The Hall–Kier alpha value is -1.30. The van der Waals surface area contributed by atoms with Crippen molar-refractivity contribution in [3.05, 3.63) is 59.5 Å². The Labute approximate surface area is 121 Å². The first kappa shape index (κ1) is 14.1. The van der Waals surface area contributed by atoms with Gasteiger partial charge in [0.25, 0.3) is 5.56 Å². The maximum Gasteiger partial charge on any atom is 0.334 e. The van der Waals surface area contributed by atoms with Crippen LogP contribution in [0.1, 0.15) is 5.56 Å². The lowest BCUT2D eigenvalue weighted by molar-refractivity contribution is 0.627. The molecule has 0 spiro atoms. The Morgan fingerprint density at radius 3 is 2.21 bits per heavy atom. The van der Waals surface area contributed by atoms with Gasteiger partial charge in [-0.15, -0.1) is 0 Å². The maximum absolute atomic E-state index is 13.1. The van der Waals surface area contributed by atoms with E-state index in [-0.39, 0.29) is 26.4 Å². The Morgan fingerprint density at radius 2 is 1.68 bits per heavy atom. The van der Waals surface area contributed by atoms with Crippen molar-refractivity contribution < 1.29 is 4.39 Å². The molecule has 1 aromatic carbocycles. The minimum absolute atomic E-state index is 0.0689. The van der Waals surface area contributed by atoms with E-state index in [4.69, 9.17) is 34.8 Å². The van der Waals surface area contributed by atoms with Crippen molar-refractivity contribution >= 4 is 34.8 Å². The van der Waals surface area contributed by atoms with Crippen LogP contribution in [-0.2, 0) is 0 Å². The highest BCUT2D eigenvalue weighted by atomic mass is 35.5. The number of hydrogen-bond donors (Lipinski definition) is 1. The van der Waals surface area contributed by atoms with Crippen molar-refractivity contribution in [2.45, 2.75) is 6.92 Å². The molecule has 0 saturated heterocycles. The average molecular weight is 324 g/mol. The first-order chi connectivity index (χ1) is 8.82. The molecule has 0 aliphatic carbocycles. The lowest BCUT2D eigenvalue weighted by atomic mass is 10.3. The van der Waals surface area contributed by atoms with Crippen LogP contribution in [0.15, 0.2) is 21.7 Å². The molecule has 1 N–H and O–H groups in total. The topological polar surface area (TPSA) is 54.9 Å². The molecule has 4 nitrogen and oxygen atoms in total. The van der Waals surface area contributed by atoms with Crippen LogP contribution in [0.2, 0.25) is 15.2 Å². The Morgan fingerprint density at radius 1 is 1.16 bits per heavy atom. The largest absolute Gasteiger partial charge is 0.334 e. The minimum atomic E-state index is -0.809. The van der Waals surface area contributed by atoms with Gasteiger partial charge in [0.2, 0.25) is 0 Å². The average Bonchev–Trinajstić information content (AvgIpc) is 2.29. The molecular formula is C11H6Cl3FN2O2. The van der Waals surface area contributed by atoms with Crippen LogP contribution in [0, 0.1) is 12.7 Å². The van der Waals surface area contributed by atoms with Gasteiger partial charge in [-0.25, -0.2) is 13.8 Å². The number of hydrogen-bond acceptors (Lipinski definition) is 2. The summed E-state index contributed by atoms with van der Waals surface area (Å²) < 4.78 is 13.8. The molecule has 0 aliphatic heterocycles. The molecule has 0 saturated carbocycles. The zero-order valence-corrected chi connectivity index (χ0v) is 11.7. The van der Waals surface area contributed by atoms with Gasteiger partial charge in [-0.3, -0.25) is 9.78 Å². The lowest BCUT2D eigenvalue weighted by Gasteiger charge is -2.10. The van der Waals surface area contributed by atoms with E-state index in [1.54, 1.807) is 0 Å². The van der Waals surface area contributed by atoms with Gasteiger partial charge in [0.15, 0.2) is 0 Å². The summed E-state index contributed by atoms with van der Waals surface area (Å²) in [5.41, 5.74) is -1.45. The lowest BCUT2D eigenvalue weighted by Crippen LogP contribution is -2.35. The summed E-state index contributed by atoms with van der Waals surface area (Å²) in [4.78, 5) is 26.1. The molecule has 0 amide bonds. The van der Waals surface area contributed by atoms with E-state index in [2.05, 4.69) is 4.98 Å². The predicted octanol–water partition coefficient (Wildman–Crippen LogP) is 2.93. The Kier molecular flexibility index (Phi) is 3.71. The molecule has 2 aromatic rings. The van der Waals surface area contributed by atoms with E-state index in [0.717, 1.165) is 12.1 Å². The van der Waals surface area contributed by atoms with Gasteiger partial charge in [-0.2, -0.15) is 0 Å². The molecule has 100 valence electrons. The fourth-order valence-corrected chi connectivity index (χ4v) is 2.34. The highest BCUT2D eigenvalue weighted by molar-refractivity contribution is 6.37. The van der Waals surface area contributed by atoms with Crippen LogP contribution in [0.3, 0.4) is 0 Å². The third kappa shape index (κ3) is 2.41. The Balaban J connectivity index is 2.93. The van der Waals surface area contributed by atoms with E-state index in [1.165, 1.54) is 6.92 Å². The number of benzene rings is 1. The molecule has 0 unspecified atom stereocenters. The summed E-state index contributed by atoms with van der Waals surface area (Å²) >= 11 is 17.4.